The fraction of sp³-hybridized carbons (Fsp3) is 0.0714. The molecule has 3 rings (SSSR count). The van der Waals surface area contributed by atoms with Gasteiger partial charge in [0.05, 0.1) is 10.2 Å². The number of rotatable bonds is 3. The molecule has 0 aliphatic rings. The van der Waals surface area contributed by atoms with Crippen LogP contribution in [0.4, 0.5) is 10.8 Å². The molecule has 5 heteroatoms. The molecular formula is C14H11ClN2S2. The molecule has 0 saturated carbocycles. The van der Waals surface area contributed by atoms with E-state index in [4.69, 9.17) is 11.6 Å². The molecule has 0 atom stereocenters. The van der Waals surface area contributed by atoms with Gasteiger partial charge in [-0.1, -0.05) is 22.9 Å². The van der Waals surface area contributed by atoms with Crippen molar-refractivity contribution >= 4 is 55.7 Å². The van der Waals surface area contributed by atoms with Crippen LogP contribution in [-0.4, -0.2) is 11.2 Å². The molecule has 0 bridgehead atoms. The molecule has 0 unspecified atom stereocenters. The Kier molecular flexibility index (Phi) is 3.64. The zero-order valence-corrected chi connectivity index (χ0v) is 12.6. The van der Waals surface area contributed by atoms with Crippen molar-refractivity contribution in [3.8, 4) is 0 Å². The summed E-state index contributed by atoms with van der Waals surface area (Å²) in [6.45, 7) is 0. The number of thioether (sulfide) groups is 1. The quantitative estimate of drug-likeness (QED) is 0.654. The van der Waals surface area contributed by atoms with E-state index in [1.165, 1.54) is 4.90 Å². The Morgan fingerprint density at radius 1 is 1.16 bits per heavy atom. The average Bonchev–Trinajstić information content (AvgIpc) is 2.81. The molecule has 0 amide bonds. The Bertz CT molecular complexity index is 707. The molecule has 0 spiro atoms. The number of benzene rings is 2. The summed E-state index contributed by atoms with van der Waals surface area (Å²) in [4.78, 5) is 5.78. The van der Waals surface area contributed by atoms with Gasteiger partial charge in [-0.25, -0.2) is 4.98 Å². The fourth-order valence-corrected chi connectivity index (χ4v) is 3.19. The van der Waals surface area contributed by atoms with E-state index in [0.29, 0.717) is 5.02 Å². The normalized spacial score (nSPS) is 10.8. The molecule has 1 heterocycles. The smallest absolute Gasteiger partial charge is 0.188 e. The molecule has 0 saturated heterocycles. The first-order valence-corrected chi connectivity index (χ1v) is 8.14. The van der Waals surface area contributed by atoms with E-state index >= 15 is 0 Å². The minimum Gasteiger partial charge on any atom is -0.332 e. The monoisotopic (exact) mass is 306 g/mol. The first kappa shape index (κ1) is 12.8. The summed E-state index contributed by atoms with van der Waals surface area (Å²) in [6.07, 6.45) is 2.07. The van der Waals surface area contributed by atoms with Crippen molar-refractivity contribution in [2.75, 3.05) is 11.6 Å². The van der Waals surface area contributed by atoms with Crippen LogP contribution in [0.3, 0.4) is 0 Å². The second-order valence-electron chi connectivity index (χ2n) is 3.98. The number of aromatic nitrogens is 1. The zero-order valence-electron chi connectivity index (χ0n) is 10.2. The van der Waals surface area contributed by atoms with E-state index in [0.717, 1.165) is 21.0 Å². The number of nitrogens with one attached hydrogen (secondary N) is 1. The van der Waals surface area contributed by atoms with Gasteiger partial charge in [-0.15, -0.1) is 11.8 Å². The maximum absolute atomic E-state index is 5.96. The van der Waals surface area contributed by atoms with E-state index in [2.05, 4.69) is 40.8 Å². The number of anilines is 2. The van der Waals surface area contributed by atoms with Crippen molar-refractivity contribution in [3.05, 3.63) is 47.5 Å². The number of nitrogens with zero attached hydrogens (tertiary/aromatic N) is 1. The topological polar surface area (TPSA) is 24.9 Å². The number of hydrogen-bond donors (Lipinski definition) is 1. The number of halogens is 1. The molecule has 2 nitrogen and oxygen atoms in total. The lowest BCUT2D eigenvalue weighted by molar-refractivity contribution is 1.41. The van der Waals surface area contributed by atoms with Crippen molar-refractivity contribution in [1.29, 1.82) is 0 Å². The van der Waals surface area contributed by atoms with Crippen LogP contribution in [0.2, 0.25) is 5.02 Å². The van der Waals surface area contributed by atoms with Crippen molar-refractivity contribution in [1.82, 2.24) is 4.98 Å². The van der Waals surface area contributed by atoms with Gasteiger partial charge >= 0.3 is 0 Å². The molecule has 0 fully saturated rings. The Balaban J connectivity index is 1.87. The van der Waals surface area contributed by atoms with Crippen molar-refractivity contribution < 1.29 is 0 Å². The lowest BCUT2D eigenvalue weighted by Crippen LogP contribution is -1.88. The standard InChI is InChI=1S/C14H11ClN2S2/c1-18-11-5-3-10(4-6-11)16-14-17-12-8-9(15)2-7-13(12)19-14/h2-8H,1H3,(H,16,17). The van der Waals surface area contributed by atoms with Crippen LogP contribution in [0, 0.1) is 0 Å². The molecule has 0 aliphatic carbocycles. The average molecular weight is 307 g/mol. The molecule has 1 N–H and O–H groups in total. The lowest BCUT2D eigenvalue weighted by atomic mass is 10.3. The third-order valence-corrected chi connectivity index (χ3v) is 4.62. The molecule has 0 aliphatic heterocycles. The van der Waals surface area contributed by atoms with Crippen LogP contribution in [0.5, 0.6) is 0 Å². The summed E-state index contributed by atoms with van der Waals surface area (Å²) < 4.78 is 1.13. The van der Waals surface area contributed by atoms with Crippen molar-refractivity contribution in [2.45, 2.75) is 4.90 Å². The van der Waals surface area contributed by atoms with E-state index in [-0.39, 0.29) is 0 Å². The first-order valence-electron chi connectivity index (χ1n) is 5.72. The van der Waals surface area contributed by atoms with Crippen LogP contribution in [0.15, 0.2) is 47.4 Å². The molecule has 1 aromatic heterocycles. The fourth-order valence-electron chi connectivity index (χ4n) is 1.75. The molecule has 0 radical (unpaired) electrons. The van der Waals surface area contributed by atoms with Gasteiger partial charge < -0.3 is 5.32 Å². The van der Waals surface area contributed by atoms with Gasteiger partial charge in [0.2, 0.25) is 0 Å². The van der Waals surface area contributed by atoms with Gasteiger partial charge in [0.25, 0.3) is 0 Å². The zero-order chi connectivity index (χ0) is 13.2. The second kappa shape index (κ2) is 5.41. The Morgan fingerprint density at radius 2 is 1.95 bits per heavy atom. The Labute approximate surface area is 124 Å². The van der Waals surface area contributed by atoms with Crippen LogP contribution >= 0.6 is 34.7 Å². The predicted octanol–water partition coefficient (Wildman–Crippen LogP) is 5.42. The van der Waals surface area contributed by atoms with E-state index in [9.17, 15) is 0 Å². The van der Waals surface area contributed by atoms with Gasteiger partial charge in [0.15, 0.2) is 5.13 Å². The van der Waals surface area contributed by atoms with Crippen LogP contribution in [0.1, 0.15) is 0 Å². The highest BCUT2D eigenvalue weighted by Crippen LogP contribution is 2.30. The highest BCUT2D eigenvalue weighted by Gasteiger charge is 2.04. The summed E-state index contributed by atoms with van der Waals surface area (Å²) >= 11 is 9.32. The first-order chi connectivity index (χ1) is 9.24. The van der Waals surface area contributed by atoms with Crippen LogP contribution in [-0.2, 0) is 0 Å². The molecular weight excluding hydrogens is 296 g/mol. The Hall–Kier alpha value is -1.23. The predicted molar refractivity (Wildman–Crippen MR) is 86.1 cm³/mol. The highest BCUT2D eigenvalue weighted by molar-refractivity contribution is 7.98. The van der Waals surface area contributed by atoms with Gasteiger partial charge in [-0.05, 0) is 48.7 Å². The highest BCUT2D eigenvalue weighted by atomic mass is 35.5. The minimum atomic E-state index is 0.716. The van der Waals surface area contributed by atoms with Crippen LogP contribution < -0.4 is 5.32 Å². The van der Waals surface area contributed by atoms with E-state index in [1.807, 2.05) is 18.2 Å². The maximum atomic E-state index is 5.96. The van der Waals surface area contributed by atoms with Gasteiger partial charge in [-0.2, -0.15) is 0 Å². The number of hydrogen-bond acceptors (Lipinski definition) is 4. The van der Waals surface area contributed by atoms with Crippen molar-refractivity contribution in [3.63, 3.8) is 0 Å². The number of fused-ring (bicyclic) bond motifs is 1. The third kappa shape index (κ3) is 2.86. The molecule has 2 aromatic carbocycles. The van der Waals surface area contributed by atoms with Crippen molar-refractivity contribution in [2.24, 2.45) is 0 Å². The third-order valence-electron chi connectivity index (χ3n) is 2.69. The van der Waals surface area contributed by atoms with Gasteiger partial charge in [0.1, 0.15) is 0 Å². The largest absolute Gasteiger partial charge is 0.332 e. The van der Waals surface area contributed by atoms with Gasteiger partial charge in [-0.3, -0.25) is 0 Å². The van der Waals surface area contributed by atoms with E-state index in [1.54, 1.807) is 23.1 Å². The molecule has 96 valence electrons. The Morgan fingerprint density at radius 3 is 2.68 bits per heavy atom. The molecule has 3 aromatic rings. The SMILES string of the molecule is CSc1ccc(Nc2nc3cc(Cl)ccc3s2)cc1. The second-order valence-corrected chi connectivity index (χ2v) is 6.33. The van der Waals surface area contributed by atoms with Crippen LogP contribution in [0.25, 0.3) is 10.2 Å². The summed E-state index contributed by atoms with van der Waals surface area (Å²) in [5.41, 5.74) is 1.98. The minimum absolute atomic E-state index is 0.716. The maximum Gasteiger partial charge on any atom is 0.188 e. The van der Waals surface area contributed by atoms with Gasteiger partial charge in [0, 0.05) is 15.6 Å². The van der Waals surface area contributed by atoms with E-state index < -0.39 is 0 Å². The summed E-state index contributed by atoms with van der Waals surface area (Å²) in [5, 5.41) is 4.92. The summed E-state index contributed by atoms with van der Waals surface area (Å²) in [6, 6.07) is 14.1. The lowest BCUT2D eigenvalue weighted by Gasteiger charge is -2.02. The molecule has 19 heavy (non-hydrogen) atoms. The summed E-state index contributed by atoms with van der Waals surface area (Å²) in [7, 11) is 0. The summed E-state index contributed by atoms with van der Waals surface area (Å²) in [5.74, 6) is 0. The number of thiazole rings is 1.